The highest BCUT2D eigenvalue weighted by atomic mass is 32.1. The minimum absolute atomic E-state index is 0.0279. The molecule has 0 aliphatic heterocycles. The van der Waals surface area contributed by atoms with Crippen LogP contribution in [0, 0.1) is 19.3 Å². The first kappa shape index (κ1) is 17.4. The molecule has 5 heteroatoms. The summed E-state index contributed by atoms with van der Waals surface area (Å²) >= 11 is 1.76. The standard InChI is InChI=1S/C17H28N2O2S/c1-7-21-14-9-17(18,16(14,5)6)15(20)19-11(3)13-8-10(2)22-12(13)4/h8,11,14H,7,9,18H2,1-6H3,(H,19,20). The van der Waals surface area contributed by atoms with Crippen molar-refractivity contribution >= 4 is 17.2 Å². The van der Waals surface area contributed by atoms with E-state index < -0.39 is 5.54 Å². The molecule has 1 aromatic rings. The lowest BCUT2D eigenvalue weighted by atomic mass is 9.54. The Balaban J connectivity index is 2.08. The van der Waals surface area contributed by atoms with Crippen molar-refractivity contribution in [1.82, 2.24) is 5.32 Å². The van der Waals surface area contributed by atoms with E-state index in [-0.39, 0.29) is 23.5 Å². The summed E-state index contributed by atoms with van der Waals surface area (Å²) in [5.74, 6) is -0.0794. The van der Waals surface area contributed by atoms with E-state index in [0.717, 1.165) is 0 Å². The maximum atomic E-state index is 12.7. The van der Waals surface area contributed by atoms with Gasteiger partial charge in [0.2, 0.25) is 5.91 Å². The van der Waals surface area contributed by atoms with Gasteiger partial charge in [-0.05, 0) is 39.3 Å². The van der Waals surface area contributed by atoms with Crippen molar-refractivity contribution in [3.63, 3.8) is 0 Å². The van der Waals surface area contributed by atoms with Gasteiger partial charge in [-0.1, -0.05) is 13.8 Å². The Morgan fingerprint density at radius 2 is 2.18 bits per heavy atom. The molecule has 0 bridgehead atoms. The van der Waals surface area contributed by atoms with Gasteiger partial charge in [0.1, 0.15) is 5.54 Å². The molecule has 4 nitrogen and oxygen atoms in total. The van der Waals surface area contributed by atoms with Crippen molar-refractivity contribution in [1.29, 1.82) is 0 Å². The molecule has 2 rings (SSSR count). The minimum Gasteiger partial charge on any atom is -0.378 e. The van der Waals surface area contributed by atoms with Crippen molar-refractivity contribution in [3.8, 4) is 0 Å². The van der Waals surface area contributed by atoms with Gasteiger partial charge in [0.05, 0.1) is 12.1 Å². The summed E-state index contributed by atoms with van der Waals surface area (Å²) < 4.78 is 5.69. The van der Waals surface area contributed by atoms with Gasteiger partial charge in [-0.25, -0.2) is 0 Å². The van der Waals surface area contributed by atoms with E-state index in [0.29, 0.717) is 13.0 Å². The van der Waals surface area contributed by atoms with Crippen molar-refractivity contribution < 1.29 is 9.53 Å². The molecule has 1 amide bonds. The number of thiophene rings is 1. The third-order valence-electron chi connectivity index (χ3n) is 5.13. The monoisotopic (exact) mass is 324 g/mol. The van der Waals surface area contributed by atoms with Crippen LogP contribution in [0.4, 0.5) is 0 Å². The molecule has 22 heavy (non-hydrogen) atoms. The average Bonchev–Trinajstić information content (AvgIpc) is 2.77. The van der Waals surface area contributed by atoms with E-state index in [1.54, 1.807) is 11.3 Å². The number of amides is 1. The predicted octanol–water partition coefficient (Wildman–Crippen LogP) is 3.07. The molecule has 1 saturated carbocycles. The van der Waals surface area contributed by atoms with Crippen molar-refractivity contribution in [3.05, 3.63) is 21.4 Å². The summed E-state index contributed by atoms with van der Waals surface area (Å²) in [6.07, 6.45) is 0.627. The molecule has 0 spiro atoms. The third-order valence-corrected chi connectivity index (χ3v) is 6.11. The fourth-order valence-electron chi connectivity index (χ4n) is 3.30. The van der Waals surface area contributed by atoms with Crippen LogP contribution in [0.2, 0.25) is 0 Å². The van der Waals surface area contributed by atoms with Crippen molar-refractivity contribution in [2.24, 2.45) is 11.1 Å². The summed E-state index contributed by atoms with van der Waals surface area (Å²) in [5, 5.41) is 3.10. The van der Waals surface area contributed by atoms with Crippen LogP contribution in [-0.2, 0) is 9.53 Å². The highest BCUT2D eigenvalue weighted by molar-refractivity contribution is 7.12. The number of carbonyl (C=O) groups is 1. The zero-order valence-corrected chi connectivity index (χ0v) is 15.3. The fraction of sp³-hybridized carbons (Fsp3) is 0.706. The molecule has 0 radical (unpaired) electrons. The van der Waals surface area contributed by atoms with Gasteiger partial charge in [0.25, 0.3) is 0 Å². The Hall–Kier alpha value is -0.910. The quantitative estimate of drug-likeness (QED) is 0.875. The predicted molar refractivity (Wildman–Crippen MR) is 91.1 cm³/mol. The van der Waals surface area contributed by atoms with Gasteiger partial charge in [0, 0.05) is 28.2 Å². The summed E-state index contributed by atoms with van der Waals surface area (Å²) in [5.41, 5.74) is 6.39. The number of ether oxygens (including phenoxy) is 1. The largest absolute Gasteiger partial charge is 0.378 e. The number of nitrogens with two attached hydrogens (primary N) is 1. The second-order valence-electron chi connectivity index (χ2n) is 6.90. The fourth-order valence-corrected chi connectivity index (χ4v) is 4.33. The first-order valence-corrected chi connectivity index (χ1v) is 8.73. The van der Waals surface area contributed by atoms with Crippen LogP contribution in [0.5, 0.6) is 0 Å². The second-order valence-corrected chi connectivity index (χ2v) is 8.37. The summed E-state index contributed by atoms with van der Waals surface area (Å²) in [4.78, 5) is 15.2. The molecular weight excluding hydrogens is 296 g/mol. The maximum Gasteiger partial charge on any atom is 0.241 e. The summed E-state index contributed by atoms with van der Waals surface area (Å²) in [6, 6.07) is 2.11. The average molecular weight is 324 g/mol. The molecular formula is C17H28N2O2S. The zero-order chi connectivity index (χ0) is 16.7. The molecule has 124 valence electrons. The van der Waals surface area contributed by atoms with Crippen LogP contribution in [0.1, 0.15) is 55.5 Å². The summed E-state index contributed by atoms with van der Waals surface area (Å²) in [7, 11) is 0. The van der Waals surface area contributed by atoms with Crippen molar-refractivity contribution in [2.75, 3.05) is 6.61 Å². The first-order chi connectivity index (χ1) is 10.1. The normalized spacial score (nSPS) is 28.0. The van der Waals surface area contributed by atoms with Crippen LogP contribution in [0.25, 0.3) is 0 Å². The van der Waals surface area contributed by atoms with Crippen LogP contribution in [0.3, 0.4) is 0 Å². The lowest BCUT2D eigenvalue weighted by molar-refractivity contribution is -0.171. The van der Waals surface area contributed by atoms with Gasteiger partial charge in [-0.2, -0.15) is 0 Å². The minimum atomic E-state index is -0.861. The summed E-state index contributed by atoms with van der Waals surface area (Å²) in [6.45, 7) is 12.8. The molecule has 3 unspecified atom stereocenters. The Kier molecular flexibility index (Phi) is 4.71. The van der Waals surface area contributed by atoms with E-state index in [1.165, 1.54) is 15.3 Å². The van der Waals surface area contributed by atoms with E-state index in [1.807, 2.05) is 27.7 Å². The number of hydrogen-bond donors (Lipinski definition) is 2. The van der Waals surface area contributed by atoms with Crippen LogP contribution >= 0.6 is 11.3 Å². The van der Waals surface area contributed by atoms with Gasteiger partial charge in [0.15, 0.2) is 0 Å². The number of aryl methyl sites for hydroxylation is 2. The molecule has 0 aromatic carbocycles. The molecule has 0 saturated heterocycles. The van der Waals surface area contributed by atoms with Crippen molar-refractivity contribution in [2.45, 2.75) is 65.6 Å². The molecule has 1 heterocycles. The number of carbonyl (C=O) groups excluding carboxylic acids is 1. The number of nitrogens with one attached hydrogen (secondary N) is 1. The SMILES string of the molecule is CCOC1CC(N)(C(=O)NC(C)c2cc(C)sc2C)C1(C)C. The first-order valence-electron chi connectivity index (χ1n) is 7.92. The van der Waals surface area contributed by atoms with Gasteiger partial charge in [-0.3, -0.25) is 4.79 Å². The van der Waals surface area contributed by atoms with Gasteiger partial charge in [-0.15, -0.1) is 11.3 Å². The third kappa shape index (κ3) is 2.70. The Labute approximate surface area is 137 Å². The molecule has 1 aliphatic rings. The highest BCUT2D eigenvalue weighted by Gasteiger charge is 2.62. The topological polar surface area (TPSA) is 64.3 Å². The zero-order valence-electron chi connectivity index (χ0n) is 14.4. The van der Waals surface area contributed by atoms with Gasteiger partial charge < -0.3 is 15.8 Å². The van der Waals surface area contributed by atoms with E-state index in [2.05, 4.69) is 25.2 Å². The van der Waals surface area contributed by atoms with Crippen LogP contribution in [-0.4, -0.2) is 24.2 Å². The smallest absolute Gasteiger partial charge is 0.241 e. The van der Waals surface area contributed by atoms with E-state index in [4.69, 9.17) is 10.5 Å². The molecule has 3 N–H and O–H groups in total. The molecule has 3 atom stereocenters. The highest BCUT2D eigenvalue weighted by Crippen LogP contribution is 2.50. The van der Waals surface area contributed by atoms with E-state index >= 15 is 0 Å². The van der Waals surface area contributed by atoms with E-state index in [9.17, 15) is 4.79 Å². The lowest BCUT2D eigenvalue weighted by Crippen LogP contribution is -2.75. The Morgan fingerprint density at radius 3 is 2.64 bits per heavy atom. The number of hydrogen-bond acceptors (Lipinski definition) is 4. The second kappa shape index (κ2) is 5.95. The Morgan fingerprint density at radius 1 is 1.55 bits per heavy atom. The van der Waals surface area contributed by atoms with Crippen LogP contribution in [0.15, 0.2) is 6.07 Å². The molecule has 1 aliphatic carbocycles. The molecule has 1 aromatic heterocycles. The Bertz CT molecular complexity index is 567. The van der Waals surface area contributed by atoms with Crippen LogP contribution < -0.4 is 11.1 Å². The lowest BCUT2D eigenvalue weighted by Gasteiger charge is -2.57. The maximum absolute atomic E-state index is 12.7. The van der Waals surface area contributed by atoms with Gasteiger partial charge >= 0.3 is 0 Å². The number of rotatable bonds is 5. The molecule has 1 fully saturated rings.